The molecule has 0 aliphatic carbocycles. The number of aromatic nitrogens is 2. The molecule has 1 aromatic heterocycles. The van der Waals surface area contributed by atoms with E-state index in [2.05, 4.69) is 28.4 Å². The van der Waals surface area contributed by atoms with Crippen LogP contribution in [0.15, 0.2) is 26.8 Å². The van der Waals surface area contributed by atoms with Crippen molar-refractivity contribution in [1.29, 1.82) is 0 Å². The molecule has 1 aromatic rings. The van der Waals surface area contributed by atoms with E-state index in [1.807, 2.05) is 0 Å². The van der Waals surface area contributed by atoms with Crippen molar-refractivity contribution in [2.45, 2.75) is 24.0 Å². The van der Waals surface area contributed by atoms with Crippen LogP contribution in [0, 0.1) is 12.3 Å². The number of hydrogen-bond donors (Lipinski definition) is 3. The number of halogens is 1. The van der Waals surface area contributed by atoms with Gasteiger partial charge in [-0.1, -0.05) is 12.5 Å². The van der Waals surface area contributed by atoms with E-state index in [4.69, 9.17) is 11.2 Å². The first-order chi connectivity index (χ1) is 10.3. The molecule has 0 saturated carbocycles. The summed E-state index contributed by atoms with van der Waals surface area (Å²) in [6, 6.07) is 0. The van der Waals surface area contributed by atoms with E-state index in [9.17, 15) is 24.9 Å². The highest BCUT2D eigenvalue weighted by Crippen LogP contribution is 2.36. The Morgan fingerprint density at radius 2 is 2.18 bits per heavy atom. The monoisotopic (exact) mass is 372 g/mol. The standard InChI is InChI=1S/C13H13BrN2O6/c1-3-13(6-17)9(19)8(18)11(22-13)16-5-7(14)10(20)15(4-2)12(16)21/h1,4-5,8-9,11,17-19H,2,6H2/t8-,9-,11+,13+/m0/s1. The predicted molar refractivity (Wildman–Crippen MR) is 79.8 cm³/mol. The first-order valence-electron chi connectivity index (χ1n) is 6.11. The maximum absolute atomic E-state index is 12.2. The first-order valence-corrected chi connectivity index (χ1v) is 6.90. The molecule has 3 N–H and O–H groups in total. The van der Waals surface area contributed by atoms with Gasteiger partial charge in [-0.05, 0) is 15.9 Å². The Kier molecular flexibility index (Phi) is 4.42. The second kappa shape index (κ2) is 5.83. The van der Waals surface area contributed by atoms with E-state index in [1.54, 1.807) is 0 Å². The fourth-order valence-electron chi connectivity index (χ4n) is 2.21. The zero-order valence-corrected chi connectivity index (χ0v) is 12.8. The highest BCUT2D eigenvalue weighted by Gasteiger charge is 2.54. The van der Waals surface area contributed by atoms with Gasteiger partial charge in [0.2, 0.25) is 0 Å². The molecule has 0 spiro atoms. The largest absolute Gasteiger partial charge is 0.392 e. The lowest BCUT2D eigenvalue weighted by molar-refractivity contribution is -0.0938. The molecule has 8 nitrogen and oxygen atoms in total. The molecule has 2 heterocycles. The lowest BCUT2D eigenvalue weighted by atomic mass is 9.97. The van der Waals surface area contributed by atoms with Crippen LogP contribution in [0.4, 0.5) is 0 Å². The maximum atomic E-state index is 12.2. The number of terminal acetylenes is 1. The number of ether oxygens (including phenoxy) is 1. The third kappa shape index (κ3) is 2.25. The minimum absolute atomic E-state index is 0.0134. The lowest BCUT2D eigenvalue weighted by Gasteiger charge is -2.23. The van der Waals surface area contributed by atoms with Crippen molar-refractivity contribution in [3.63, 3.8) is 0 Å². The van der Waals surface area contributed by atoms with E-state index < -0.39 is 41.9 Å². The van der Waals surface area contributed by atoms with Crippen molar-refractivity contribution in [2.75, 3.05) is 6.61 Å². The van der Waals surface area contributed by atoms with Gasteiger partial charge in [0.25, 0.3) is 5.56 Å². The van der Waals surface area contributed by atoms with Gasteiger partial charge >= 0.3 is 5.69 Å². The topological polar surface area (TPSA) is 114 Å². The van der Waals surface area contributed by atoms with Crippen LogP contribution in [-0.4, -0.2) is 48.9 Å². The van der Waals surface area contributed by atoms with Crippen molar-refractivity contribution in [3.05, 3.63) is 38.1 Å². The maximum Gasteiger partial charge on any atom is 0.337 e. The van der Waals surface area contributed by atoms with Gasteiger partial charge < -0.3 is 20.1 Å². The van der Waals surface area contributed by atoms with E-state index in [0.29, 0.717) is 4.57 Å². The van der Waals surface area contributed by atoms with Crippen molar-refractivity contribution in [1.82, 2.24) is 9.13 Å². The van der Waals surface area contributed by atoms with Gasteiger partial charge in [-0.3, -0.25) is 9.36 Å². The van der Waals surface area contributed by atoms with Gasteiger partial charge in [-0.25, -0.2) is 9.36 Å². The molecule has 0 aromatic carbocycles. The molecule has 0 radical (unpaired) electrons. The fourth-order valence-corrected chi connectivity index (χ4v) is 2.62. The number of aliphatic hydroxyl groups is 3. The Balaban J connectivity index is 2.62. The van der Waals surface area contributed by atoms with Crippen LogP contribution in [-0.2, 0) is 4.74 Å². The average Bonchev–Trinajstić information content (AvgIpc) is 2.77. The first kappa shape index (κ1) is 16.7. The minimum Gasteiger partial charge on any atom is -0.392 e. The summed E-state index contributed by atoms with van der Waals surface area (Å²) in [6.45, 7) is 2.61. The smallest absolute Gasteiger partial charge is 0.337 e. The Morgan fingerprint density at radius 3 is 2.64 bits per heavy atom. The van der Waals surface area contributed by atoms with Crippen LogP contribution in [0.2, 0.25) is 0 Å². The second-order valence-electron chi connectivity index (χ2n) is 4.66. The molecule has 1 saturated heterocycles. The van der Waals surface area contributed by atoms with E-state index in [0.717, 1.165) is 17.0 Å². The molecule has 22 heavy (non-hydrogen) atoms. The minimum atomic E-state index is -1.84. The van der Waals surface area contributed by atoms with Crippen molar-refractivity contribution in [2.24, 2.45) is 0 Å². The zero-order valence-electron chi connectivity index (χ0n) is 11.2. The van der Waals surface area contributed by atoms with E-state index in [-0.39, 0.29) is 4.47 Å². The van der Waals surface area contributed by atoms with Gasteiger partial charge in [-0.15, -0.1) is 6.42 Å². The summed E-state index contributed by atoms with van der Waals surface area (Å²) in [7, 11) is 0. The van der Waals surface area contributed by atoms with Crippen LogP contribution < -0.4 is 11.2 Å². The molecular weight excluding hydrogens is 360 g/mol. The van der Waals surface area contributed by atoms with Crippen molar-refractivity contribution in [3.8, 4) is 12.3 Å². The predicted octanol–water partition coefficient (Wildman–Crippen LogP) is -1.51. The molecule has 9 heteroatoms. The van der Waals surface area contributed by atoms with Crippen LogP contribution in [0.3, 0.4) is 0 Å². The number of nitrogens with zero attached hydrogens (tertiary/aromatic N) is 2. The summed E-state index contributed by atoms with van der Waals surface area (Å²) in [5.41, 5.74) is -3.33. The summed E-state index contributed by atoms with van der Waals surface area (Å²) in [5, 5.41) is 29.4. The van der Waals surface area contributed by atoms with Crippen LogP contribution in [0.25, 0.3) is 6.20 Å². The summed E-state index contributed by atoms with van der Waals surface area (Å²) in [5.74, 6) is 2.08. The Hall–Kier alpha value is -1.70. The number of aliphatic hydroxyl groups excluding tert-OH is 3. The molecule has 1 aliphatic rings. The molecule has 1 fully saturated rings. The van der Waals surface area contributed by atoms with E-state index >= 15 is 0 Å². The highest BCUT2D eigenvalue weighted by molar-refractivity contribution is 9.10. The Labute approximate surface area is 133 Å². The van der Waals surface area contributed by atoms with E-state index in [1.165, 1.54) is 0 Å². The van der Waals surface area contributed by atoms with Crippen LogP contribution in [0.1, 0.15) is 6.23 Å². The molecule has 2 rings (SSSR count). The van der Waals surface area contributed by atoms with Crippen molar-refractivity contribution < 1.29 is 20.1 Å². The molecule has 0 bridgehead atoms. The Morgan fingerprint density at radius 1 is 1.55 bits per heavy atom. The van der Waals surface area contributed by atoms with Gasteiger partial charge in [0.15, 0.2) is 11.8 Å². The molecule has 0 amide bonds. The molecule has 0 unspecified atom stereocenters. The summed E-state index contributed by atoms with van der Waals surface area (Å²) in [4.78, 5) is 24.0. The molecule has 4 atom stereocenters. The van der Waals surface area contributed by atoms with Gasteiger partial charge in [0.1, 0.15) is 12.2 Å². The number of rotatable bonds is 3. The summed E-state index contributed by atoms with van der Waals surface area (Å²) in [6.07, 6.45) is 2.79. The second-order valence-corrected chi connectivity index (χ2v) is 5.51. The highest BCUT2D eigenvalue weighted by atomic mass is 79.9. The van der Waals surface area contributed by atoms with Gasteiger partial charge in [-0.2, -0.15) is 0 Å². The third-order valence-electron chi connectivity index (χ3n) is 3.46. The average molecular weight is 373 g/mol. The normalized spacial score (nSPS) is 31.0. The number of hydrogen-bond acceptors (Lipinski definition) is 6. The molecule has 118 valence electrons. The third-order valence-corrected chi connectivity index (χ3v) is 4.01. The molecule has 1 aliphatic heterocycles. The van der Waals surface area contributed by atoms with Crippen molar-refractivity contribution >= 4 is 22.1 Å². The van der Waals surface area contributed by atoms with Gasteiger partial charge in [0.05, 0.1) is 11.1 Å². The molecular formula is C13H13BrN2O6. The van der Waals surface area contributed by atoms with Gasteiger partial charge in [0, 0.05) is 12.4 Å². The summed E-state index contributed by atoms with van der Waals surface area (Å²) >= 11 is 2.99. The SMILES string of the molecule is C#C[C@]1(CO)O[C@@H](n2cc(Br)c(=O)n(C=C)c2=O)[C@@H](O)[C@@H]1O. The zero-order chi connectivity index (χ0) is 16.7. The lowest BCUT2D eigenvalue weighted by Crippen LogP contribution is -2.45. The van der Waals surface area contributed by atoms with Crippen LogP contribution >= 0.6 is 15.9 Å². The summed E-state index contributed by atoms with van der Waals surface area (Å²) < 4.78 is 6.93. The quantitative estimate of drug-likeness (QED) is 0.555. The Bertz CT molecular complexity index is 763. The van der Waals surface area contributed by atoms with Crippen LogP contribution in [0.5, 0.6) is 0 Å². The fraction of sp³-hybridized carbons (Fsp3) is 0.385.